The first-order chi connectivity index (χ1) is 12.4. The molecule has 5 heteroatoms. The van der Waals surface area contributed by atoms with Gasteiger partial charge in [0.05, 0.1) is 12.1 Å². The third kappa shape index (κ3) is 5.17. The number of ketones is 1. The number of hydrogen-bond donors (Lipinski definition) is 3. The van der Waals surface area contributed by atoms with Gasteiger partial charge in [-0.15, -0.1) is 0 Å². The fraction of sp³-hybridized carbons (Fsp3) is 0.333. The number of rotatable bonds is 7. The number of nitrogens with one attached hydrogen (secondary N) is 2. The molecule has 3 N–H and O–H groups in total. The largest absolute Gasteiger partial charge is 0.388 e. The average molecular weight is 354 g/mol. The molecule has 26 heavy (non-hydrogen) atoms. The van der Waals surface area contributed by atoms with Crippen LogP contribution in [0.1, 0.15) is 54.3 Å². The minimum atomic E-state index is -0.509. The van der Waals surface area contributed by atoms with Gasteiger partial charge in [-0.1, -0.05) is 68.4 Å². The van der Waals surface area contributed by atoms with E-state index in [2.05, 4.69) is 10.6 Å². The molecule has 138 valence electrons. The second-order valence-electron chi connectivity index (χ2n) is 6.68. The van der Waals surface area contributed by atoms with Crippen LogP contribution in [0.4, 0.5) is 4.79 Å². The maximum absolute atomic E-state index is 12.4. The summed E-state index contributed by atoms with van der Waals surface area (Å²) in [5.41, 5.74) is 2.41. The van der Waals surface area contributed by atoms with Crippen molar-refractivity contribution in [2.75, 3.05) is 6.61 Å². The second kappa shape index (κ2) is 9.15. The Morgan fingerprint density at radius 3 is 2.04 bits per heavy atom. The first-order valence-corrected chi connectivity index (χ1v) is 8.78. The number of Topliss-reactive ketones (excluding diaryl/α,β-unsaturated/α-hetero) is 1. The lowest BCUT2D eigenvalue weighted by molar-refractivity contribution is 0.0903. The van der Waals surface area contributed by atoms with Crippen LogP contribution in [-0.2, 0) is 0 Å². The van der Waals surface area contributed by atoms with Crippen molar-refractivity contribution in [3.63, 3.8) is 0 Å². The molecule has 0 fully saturated rings. The number of aliphatic hydroxyl groups is 1. The lowest BCUT2D eigenvalue weighted by Crippen LogP contribution is -2.40. The zero-order valence-corrected chi connectivity index (χ0v) is 15.4. The SMILES string of the molecule is CC(C)[C@@H](NC(=O)N[C@H](C)c1ccccc1)c1ccc(C(=O)CO)cc1. The summed E-state index contributed by atoms with van der Waals surface area (Å²) in [5, 5.41) is 14.9. The van der Waals surface area contributed by atoms with Gasteiger partial charge in [-0.3, -0.25) is 4.79 Å². The Labute approximate surface area is 154 Å². The number of urea groups is 1. The summed E-state index contributed by atoms with van der Waals surface area (Å²) in [4.78, 5) is 24.0. The molecule has 2 atom stereocenters. The van der Waals surface area contributed by atoms with Gasteiger partial charge in [-0.25, -0.2) is 4.79 Å². The quantitative estimate of drug-likeness (QED) is 0.665. The van der Waals surface area contributed by atoms with Crippen molar-refractivity contribution in [1.29, 1.82) is 0 Å². The summed E-state index contributed by atoms with van der Waals surface area (Å²) in [5.74, 6) is -0.146. The maximum atomic E-state index is 12.4. The summed E-state index contributed by atoms with van der Waals surface area (Å²) in [6.45, 7) is 5.48. The van der Waals surface area contributed by atoms with Crippen molar-refractivity contribution in [2.45, 2.75) is 32.9 Å². The molecule has 2 rings (SSSR count). The molecule has 2 aromatic rings. The van der Waals surface area contributed by atoms with Crippen molar-refractivity contribution in [3.8, 4) is 0 Å². The highest BCUT2D eigenvalue weighted by Gasteiger charge is 2.20. The second-order valence-corrected chi connectivity index (χ2v) is 6.68. The zero-order chi connectivity index (χ0) is 19.1. The Balaban J connectivity index is 2.05. The summed E-state index contributed by atoms with van der Waals surface area (Å²) in [6.07, 6.45) is 0. The van der Waals surface area contributed by atoms with Crippen LogP contribution >= 0.6 is 0 Å². The topological polar surface area (TPSA) is 78.4 Å². The number of carbonyl (C=O) groups excluding carboxylic acids is 2. The zero-order valence-electron chi connectivity index (χ0n) is 15.4. The van der Waals surface area contributed by atoms with E-state index in [-0.39, 0.29) is 29.8 Å². The van der Waals surface area contributed by atoms with Gasteiger partial charge in [0, 0.05) is 5.56 Å². The summed E-state index contributed by atoms with van der Waals surface area (Å²) in [6, 6.07) is 16.2. The minimum absolute atomic E-state index is 0.103. The van der Waals surface area contributed by atoms with Crippen LogP contribution in [0.25, 0.3) is 0 Å². The Kier molecular flexibility index (Phi) is 6.92. The standard InChI is InChI=1S/C21H26N2O3/c1-14(2)20(18-11-9-17(10-12-18)19(25)13-24)23-21(26)22-15(3)16-7-5-4-6-8-16/h4-12,14-15,20,24H,13H2,1-3H3,(H2,22,23,26)/t15-,20-/m1/s1. The van der Waals surface area contributed by atoms with Gasteiger partial charge >= 0.3 is 6.03 Å². The van der Waals surface area contributed by atoms with Crippen molar-refractivity contribution in [3.05, 3.63) is 71.3 Å². The van der Waals surface area contributed by atoms with Crippen molar-refractivity contribution in [1.82, 2.24) is 10.6 Å². The van der Waals surface area contributed by atoms with E-state index in [1.54, 1.807) is 12.1 Å². The van der Waals surface area contributed by atoms with Crippen molar-refractivity contribution in [2.24, 2.45) is 5.92 Å². The molecular formula is C21H26N2O3. The molecule has 0 aliphatic rings. The van der Waals surface area contributed by atoms with Gasteiger partial charge < -0.3 is 15.7 Å². The first kappa shape index (κ1) is 19.7. The van der Waals surface area contributed by atoms with E-state index >= 15 is 0 Å². The fourth-order valence-electron chi connectivity index (χ4n) is 2.81. The van der Waals surface area contributed by atoms with E-state index < -0.39 is 6.61 Å². The summed E-state index contributed by atoms with van der Waals surface area (Å²) < 4.78 is 0. The van der Waals surface area contributed by atoms with Crippen LogP contribution in [0.3, 0.4) is 0 Å². The predicted octanol–water partition coefficient (Wildman–Crippen LogP) is 3.62. The molecular weight excluding hydrogens is 328 g/mol. The predicted molar refractivity (Wildman–Crippen MR) is 102 cm³/mol. The molecule has 0 saturated heterocycles. The molecule has 0 heterocycles. The van der Waals surface area contributed by atoms with Gasteiger partial charge in [0.25, 0.3) is 0 Å². The highest BCUT2D eigenvalue weighted by Crippen LogP contribution is 2.22. The highest BCUT2D eigenvalue weighted by molar-refractivity contribution is 5.96. The Hall–Kier alpha value is -2.66. The third-order valence-electron chi connectivity index (χ3n) is 4.34. The van der Waals surface area contributed by atoms with Gasteiger partial charge in [0.15, 0.2) is 5.78 Å². The lowest BCUT2D eigenvalue weighted by atomic mass is 9.95. The monoisotopic (exact) mass is 354 g/mol. The molecule has 0 unspecified atom stereocenters. The Morgan fingerprint density at radius 1 is 0.885 bits per heavy atom. The maximum Gasteiger partial charge on any atom is 0.315 e. The normalized spacial score (nSPS) is 13.1. The molecule has 0 spiro atoms. The summed E-state index contributed by atoms with van der Waals surface area (Å²) in [7, 11) is 0. The highest BCUT2D eigenvalue weighted by atomic mass is 16.3. The smallest absolute Gasteiger partial charge is 0.315 e. The van der Waals surface area contributed by atoms with Crippen molar-refractivity contribution >= 4 is 11.8 Å². The molecule has 5 nitrogen and oxygen atoms in total. The van der Waals surface area contributed by atoms with Crippen LogP contribution in [0.15, 0.2) is 54.6 Å². The van der Waals surface area contributed by atoms with E-state index in [4.69, 9.17) is 5.11 Å². The molecule has 2 amide bonds. The van der Waals surface area contributed by atoms with Crippen LogP contribution in [-0.4, -0.2) is 23.5 Å². The first-order valence-electron chi connectivity index (χ1n) is 8.78. The fourth-order valence-corrected chi connectivity index (χ4v) is 2.81. The molecule has 0 aliphatic heterocycles. The molecule has 0 bridgehead atoms. The minimum Gasteiger partial charge on any atom is -0.388 e. The lowest BCUT2D eigenvalue weighted by Gasteiger charge is -2.24. The number of carbonyl (C=O) groups is 2. The molecule has 0 aliphatic carbocycles. The number of amides is 2. The number of hydrogen-bond acceptors (Lipinski definition) is 3. The van der Waals surface area contributed by atoms with Gasteiger partial charge in [0.2, 0.25) is 0 Å². The Morgan fingerprint density at radius 2 is 1.50 bits per heavy atom. The number of aliphatic hydroxyl groups excluding tert-OH is 1. The molecule has 2 aromatic carbocycles. The molecule has 0 aromatic heterocycles. The van der Waals surface area contributed by atoms with Crippen molar-refractivity contribution < 1.29 is 14.7 Å². The van der Waals surface area contributed by atoms with E-state index in [1.807, 2.05) is 63.2 Å². The van der Waals surface area contributed by atoms with E-state index in [0.717, 1.165) is 11.1 Å². The third-order valence-corrected chi connectivity index (χ3v) is 4.34. The molecule has 0 radical (unpaired) electrons. The van der Waals surface area contributed by atoms with E-state index in [1.165, 1.54) is 0 Å². The average Bonchev–Trinajstić information content (AvgIpc) is 2.66. The van der Waals surface area contributed by atoms with E-state index in [9.17, 15) is 9.59 Å². The van der Waals surface area contributed by atoms with E-state index in [0.29, 0.717) is 5.56 Å². The summed E-state index contributed by atoms with van der Waals surface area (Å²) >= 11 is 0. The van der Waals surface area contributed by atoms with Gasteiger partial charge in [0.1, 0.15) is 6.61 Å². The van der Waals surface area contributed by atoms with Gasteiger partial charge in [-0.2, -0.15) is 0 Å². The molecule has 0 saturated carbocycles. The van der Waals surface area contributed by atoms with Crippen LogP contribution in [0.2, 0.25) is 0 Å². The van der Waals surface area contributed by atoms with Crippen LogP contribution in [0.5, 0.6) is 0 Å². The van der Waals surface area contributed by atoms with Crippen LogP contribution in [0, 0.1) is 5.92 Å². The number of benzene rings is 2. The van der Waals surface area contributed by atoms with Gasteiger partial charge in [-0.05, 0) is 24.0 Å². The Bertz CT molecular complexity index is 727. The van der Waals surface area contributed by atoms with Crippen LogP contribution < -0.4 is 10.6 Å².